The van der Waals surface area contributed by atoms with Crippen LogP contribution in [0.4, 0.5) is 0 Å². The van der Waals surface area contributed by atoms with Gasteiger partial charge in [0.25, 0.3) is 5.91 Å². The molecular weight excluding hydrogens is 458 g/mol. The highest BCUT2D eigenvalue weighted by atomic mass is 79.9. The molecule has 2 aromatic rings. The predicted molar refractivity (Wildman–Crippen MR) is 116 cm³/mol. The Hall–Kier alpha value is -2.09. The fourth-order valence-corrected chi connectivity index (χ4v) is 3.49. The van der Waals surface area contributed by atoms with E-state index < -0.39 is 0 Å². The molecule has 0 bridgehead atoms. The van der Waals surface area contributed by atoms with E-state index in [4.69, 9.17) is 16.3 Å². The Morgan fingerprint density at radius 3 is 2.41 bits per heavy atom. The van der Waals surface area contributed by atoms with Crippen LogP contribution >= 0.6 is 27.5 Å². The molecule has 0 spiro atoms. The van der Waals surface area contributed by atoms with E-state index in [9.17, 15) is 9.59 Å². The summed E-state index contributed by atoms with van der Waals surface area (Å²) in [5, 5.41) is 3.30. The first-order chi connectivity index (χ1) is 14.0. The topological polar surface area (TPSA) is 61.9 Å². The van der Waals surface area contributed by atoms with Crippen molar-refractivity contribution in [1.82, 2.24) is 15.1 Å². The average molecular weight is 481 g/mol. The quantitative estimate of drug-likeness (QED) is 0.662. The highest BCUT2D eigenvalue weighted by Crippen LogP contribution is 2.22. The number of piperazine rings is 1. The van der Waals surface area contributed by atoms with Crippen LogP contribution in [0.5, 0.6) is 5.75 Å². The van der Waals surface area contributed by atoms with Gasteiger partial charge in [-0.3, -0.25) is 14.5 Å². The Morgan fingerprint density at radius 2 is 1.72 bits per heavy atom. The second kappa shape index (κ2) is 10.6. The van der Waals surface area contributed by atoms with E-state index in [0.29, 0.717) is 36.0 Å². The van der Waals surface area contributed by atoms with E-state index >= 15 is 0 Å². The number of hydrogen-bond donors (Lipinski definition) is 1. The zero-order chi connectivity index (χ0) is 20.6. The second-order valence-corrected chi connectivity index (χ2v) is 8.01. The first kappa shape index (κ1) is 21.6. The SMILES string of the molecule is O=C(NCC(=O)N1CCN(CCOc2ccccc2Cl)CC1)c1ccc(Br)cc1. The van der Waals surface area contributed by atoms with Crippen LogP contribution in [0.1, 0.15) is 10.4 Å². The van der Waals surface area contributed by atoms with Crippen molar-refractivity contribution in [3.05, 3.63) is 63.6 Å². The number of benzene rings is 2. The Morgan fingerprint density at radius 1 is 1.03 bits per heavy atom. The standard InChI is InChI=1S/C21H23BrClN3O3/c22-17-7-5-16(6-8-17)21(28)24-15-20(27)26-11-9-25(10-12-26)13-14-29-19-4-2-1-3-18(19)23/h1-8H,9-15H2,(H,24,28). The van der Waals surface area contributed by atoms with Crippen molar-refractivity contribution in [2.45, 2.75) is 0 Å². The number of ether oxygens (including phenoxy) is 1. The molecule has 0 aromatic heterocycles. The number of rotatable bonds is 7. The number of halogens is 2. The molecule has 2 amide bonds. The molecule has 0 radical (unpaired) electrons. The zero-order valence-corrected chi connectivity index (χ0v) is 18.3. The van der Waals surface area contributed by atoms with Gasteiger partial charge in [0, 0.05) is 42.8 Å². The number of hydrogen-bond acceptors (Lipinski definition) is 4. The van der Waals surface area contributed by atoms with E-state index in [-0.39, 0.29) is 18.4 Å². The van der Waals surface area contributed by atoms with Crippen molar-refractivity contribution in [1.29, 1.82) is 0 Å². The normalized spacial score (nSPS) is 14.5. The lowest BCUT2D eigenvalue weighted by atomic mass is 10.2. The van der Waals surface area contributed by atoms with Gasteiger partial charge in [-0.1, -0.05) is 39.7 Å². The number of nitrogens with one attached hydrogen (secondary N) is 1. The average Bonchev–Trinajstić information content (AvgIpc) is 2.74. The van der Waals surface area contributed by atoms with E-state index in [2.05, 4.69) is 26.1 Å². The molecule has 3 rings (SSSR count). The summed E-state index contributed by atoms with van der Waals surface area (Å²) in [6.45, 7) is 4.15. The van der Waals surface area contributed by atoms with Gasteiger partial charge in [-0.2, -0.15) is 0 Å². The maximum absolute atomic E-state index is 12.4. The van der Waals surface area contributed by atoms with Crippen LogP contribution in [0, 0.1) is 0 Å². The van der Waals surface area contributed by atoms with Crippen LogP contribution in [-0.2, 0) is 4.79 Å². The molecule has 2 aromatic carbocycles. The molecule has 6 nitrogen and oxygen atoms in total. The monoisotopic (exact) mass is 479 g/mol. The molecule has 0 atom stereocenters. The van der Waals surface area contributed by atoms with Gasteiger partial charge in [-0.05, 0) is 36.4 Å². The van der Waals surface area contributed by atoms with Crippen LogP contribution < -0.4 is 10.1 Å². The van der Waals surface area contributed by atoms with Crippen molar-refractivity contribution >= 4 is 39.3 Å². The van der Waals surface area contributed by atoms with Gasteiger partial charge in [0.15, 0.2) is 0 Å². The third-order valence-electron chi connectivity index (χ3n) is 4.73. The second-order valence-electron chi connectivity index (χ2n) is 6.69. The Kier molecular flexibility index (Phi) is 7.91. The van der Waals surface area contributed by atoms with Crippen LogP contribution in [0.2, 0.25) is 5.02 Å². The van der Waals surface area contributed by atoms with Gasteiger partial charge >= 0.3 is 0 Å². The van der Waals surface area contributed by atoms with Crippen molar-refractivity contribution < 1.29 is 14.3 Å². The summed E-state index contributed by atoms with van der Waals surface area (Å²) in [6.07, 6.45) is 0. The number of amides is 2. The summed E-state index contributed by atoms with van der Waals surface area (Å²) < 4.78 is 6.63. The minimum Gasteiger partial charge on any atom is -0.491 e. The summed E-state index contributed by atoms with van der Waals surface area (Å²) in [4.78, 5) is 28.5. The van der Waals surface area contributed by atoms with E-state index in [1.807, 2.05) is 18.2 Å². The third-order valence-corrected chi connectivity index (χ3v) is 5.57. The van der Waals surface area contributed by atoms with Crippen LogP contribution in [0.3, 0.4) is 0 Å². The minimum atomic E-state index is -0.249. The fourth-order valence-electron chi connectivity index (χ4n) is 3.04. The molecule has 29 heavy (non-hydrogen) atoms. The number of nitrogens with zero attached hydrogens (tertiary/aromatic N) is 2. The summed E-state index contributed by atoms with van der Waals surface area (Å²) in [5.41, 5.74) is 0.532. The molecule has 0 saturated carbocycles. The lowest BCUT2D eigenvalue weighted by molar-refractivity contribution is -0.131. The van der Waals surface area contributed by atoms with E-state index in [1.54, 1.807) is 35.2 Å². The predicted octanol–water partition coefficient (Wildman–Crippen LogP) is 3.06. The molecule has 0 unspecified atom stereocenters. The van der Waals surface area contributed by atoms with Gasteiger partial charge in [-0.25, -0.2) is 0 Å². The van der Waals surface area contributed by atoms with Crippen molar-refractivity contribution in [2.24, 2.45) is 0 Å². The minimum absolute atomic E-state index is 0.00448. The van der Waals surface area contributed by atoms with Crippen LogP contribution in [0.15, 0.2) is 53.0 Å². The molecule has 0 aliphatic carbocycles. The Labute approximate surface area is 183 Å². The van der Waals surface area contributed by atoms with Gasteiger partial charge in [0.1, 0.15) is 12.4 Å². The fraction of sp³-hybridized carbons (Fsp3) is 0.333. The molecule has 1 heterocycles. The highest BCUT2D eigenvalue weighted by Gasteiger charge is 2.21. The molecule has 1 aliphatic rings. The van der Waals surface area contributed by atoms with Crippen LogP contribution in [0.25, 0.3) is 0 Å². The van der Waals surface area contributed by atoms with E-state index in [1.165, 1.54) is 0 Å². The van der Waals surface area contributed by atoms with E-state index in [0.717, 1.165) is 24.1 Å². The van der Waals surface area contributed by atoms with Gasteiger partial charge in [-0.15, -0.1) is 0 Å². The lowest BCUT2D eigenvalue weighted by Gasteiger charge is -2.34. The highest BCUT2D eigenvalue weighted by molar-refractivity contribution is 9.10. The first-order valence-electron chi connectivity index (χ1n) is 9.44. The number of carbonyl (C=O) groups excluding carboxylic acids is 2. The largest absolute Gasteiger partial charge is 0.491 e. The van der Waals surface area contributed by atoms with Gasteiger partial charge in [0.05, 0.1) is 11.6 Å². The number of carbonyl (C=O) groups is 2. The maximum atomic E-state index is 12.4. The molecule has 154 valence electrons. The lowest BCUT2D eigenvalue weighted by Crippen LogP contribution is -2.51. The maximum Gasteiger partial charge on any atom is 0.251 e. The Bertz CT molecular complexity index is 839. The summed E-state index contributed by atoms with van der Waals surface area (Å²) in [7, 11) is 0. The molecule has 1 fully saturated rings. The van der Waals surface area contributed by atoms with Crippen LogP contribution in [-0.4, -0.2) is 67.5 Å². The third kappa shape index (κ3) is 6.45. The van der Waals surface area contributed by atoms with Crippen molar-refractivity contribution in [3.8, 4) is 5.75 Å². The van der Waals surface area contributed by atoms with Gasteiger partial charge < -0.3 is 15.0 Å². The Balaban J connectivity index is 1.35. The molecule has 1 N–H and O–H groups in total. The number of para-hydroxylation sites is 1. The first-order valence-corrected chi connectivity index (χ1v) is 10.6. The molecule has 1 aliphatic heterocycles. The zero-order valence-electron chi connectivity index (χ0n) is 15.9. The van der Waals surface area contributed by atoms with Crippen molar-refractivity contribution in [2.75, 3.05) is 45.9 Å². The smallest absolute Gasteiger partial charge is 0.251 e. The summed E-state index contributed by atoms with van der Waals surface area (Å²) in [6, 6.07) is 14.4. The van der Waals surface area contributed by atoms with Crippen molar-refractivity contribution in [3.63, 3.8) is 0 Å². The molecule has 1 saturated heterocycles. The summed E-state index contributed by atoms with van der Waals surface area (Å²) >= 11 is 9.42. The summed E-state index contributed by atoms with van der Waals surface area (Å²) in [5.74, 6) is 0.369. The van der Waals surface area contributed by atoms with Gasteiger partial charge in [0.2, 0.25) is 5.91 Å². The molecule has 8 heteroatoms. The molecular formula is C21H23BrClN3O3.